The van der Waals surface area contributed by atoms with E-state index in [1.54, 1.807) is 37.4 Å². The Kier molecular flexibility index (Phi) is 7.31. The van der Waals surface area contributed by atoms with Crippen LogP contribution in [0, 0.1) is 0 Å². The van der Waals surface area contributed by atoms with Gasteiger partial charge in [-0.1, -0.05) is 23.7 Å². The van der Waals surface area contributed by atoms with Crippen molar-refractivity contribution in [1.82, 2.24) is 5.32 Å². The van der Waals surface area contributed by atoms with Gasteiger partial charge in [0.15, 0.2) is 0 Å². The number of ether oxygens (including phenoxy) is 3. The predicted octanol–water partition coefficient (Wildman–Crippen LogP) is 2.66. The summed E-state index contributed by atoms with van der Waals surface area (Å²) in [6, 6.07) is 10.2. The van der Waals surface area contributed by atoms with Gasteiger partial charge in [0.2, 0.25) is 11.8 Å². The molecule has 2 rings (SSSR count). The zero-order chi connectivity index (χ0) is 19.8. The monoisotopic (exact) mass is 392 g/mol. The third-order valence-electron chi connectivity index (χ3n) is 3.72. The SMILES string of the molecule is COc1ccc(CC(=O)NCC(=O)Nc2cc(OC)c(Cl)cc2OC)cc1. The topological polar surface area (TPSA) is 85.9 Å². The van der Waals surface area contributed by atoms with Crippen molar-refractivity contribution in [2.24, 2.45) is 0 Å². The van der Waals surface area contributed by atoms with E-state index in [0.717, 1.165) is 5.56 Å². The number of methoxy groups -OCH3 is 3. The van der Waals surface area contributed by atoms with Crippen LogP contribution >= 0.6 is 11.6 Å². The first-order valence-corrected chi connectivity index (χ1v) is 8.45. The van der Waals surface area contributed by atoms with Crippen molar-refractivity contribution < 1.29 is 23.8 Å². The summed E-state index contributed by atoms with van der Waals surface area (Å²) < 4.78 is 15.4. The molecule has 0 aliphatic rings. The van der Waals surface area contributed by atoms with Crippen LogP contribution in [0.5, 0.6) is 17.2 Å². The second-order valence-corrected chi connectivity index (χ2v) is 5.94. The number of halogens is 1. The van der Waals surface area contributed by atoms with Crippen molar-refractivity contribution in [3.8, 4) is 17.2 Å². The number of rotatable bonds is 8. The molecule has 2 N–H and O–H groups in total. The van der Waals surface area contributed by atoms with Crippen molar-refractivity contribution in [1.29, 1.82) is 0 Å². The Hall–Kier alpha value is -2.93. The number of hydrogen-bond acceptors (Lipinski definition) is 5. The van der Waals surface area contributed by atoms with E-state index in [1.165, 1.54) is 20.3 Å². The van der Waals surface area contributed by atoms with Crippen LogP contribution in [0.1, 0.15) is 5.56 Å². The summed E-state index contributed by atoms with van der Waals surface area (Å²) in [7, 11) is 4.51. The maximum atomic E-state index is 12.1. The first-order valence-electron chi connectivity index (χ1n) is 8.07. The second kappa shape index (κ2) is 9.68. The predicted molar refractivity (Wildman–Crippen MR) is 103 cm³/mol. The lowest BCUT2D eigenvalue weighted by Gasteiger charge is -2.13. The molecule has 2 aromatic rings. The molecular formula is C19H21ClN2O5. The summed E-state index contributed by atoms with van der Waals surface area (Å²) in [4.78, 5) is 24.1. The molecule has 0 atom stereocenters. The first-order chi connectivity index (χ1) is 13.0. The van der Waals surface area contributed by atoms with Crippen LogP contribution in [-0.2, 0) is 16.0 Å². The lowest BCUT2D eigenvalue weighted by atomic mass is 10.1. The van der Waals surface area contributed by atoms with Crippen molar-refractivity contribution in [2.45, 2.75) is 6.42 Å². The van der Waals surface area contributed by atoms with Crippen molar-refractivity contribution in [2.75, 3.05) is 33.2 Å². The number of benzene rings is 2. The number of carbonyl (C=O) groups excluding carboxylic acids is 2. The highest BCUT2D eigenvalue weighted by Gasteiger charge is 2.13. The normalized spacial score (nSPS) is 10.1. The minimum Gasteiger partial charge on any atom is -0.497 e. The van der Waals surface area contributed by atoms with Gasteiger partial charge in [0.1, 0.15) is 17.2 Å². The molecule has 0 saturated carbocycles. The Labute approximate surface area is 162 Å². The number of anilines is 1. The molecule has 2 aromatic carbocycles. The Bertz CT molecular complexity index is 808. The summed E-state index contributed by atoms with van der Waals surface area (Å²) in [5.74, 6) is 0.831. The maximum Gasteiger partial charge on any atom is 0.243 e. The van der Waals surface area contributed by atoms with Gasteiger partial charge in [-0.15, -0.1) is 0 Å². The number of nitrogens with one attached hydrogen (secondary N) is 2. The molecule has 2 amide bonds. The van der Waals surface area contributed by atoms with E-state index in [1.807, 2.05) is 0 Å². The van der Waals surface area contributed by atoms with Gasteiger partial charge < -0.3 is 24.8 Å². The van der Waals surface area contributed by atoms with Gasteiger partial charge in [-0.2, -0.15) is 0 Å². The van der Waals surface area contributed by atoms with Crippen LogP contribution in [0.15, 0.2) is 36.4 Å². The molecule has 0 saturated heterocycles. The fourth-order valence-corrected chi connectivity index (χ4v) is 2.55. The van der Waals surface area contributed by atoms with Gasteiger partial charge in [-0.25, -0.2) is 0 Å². The smallest absolute Gasteiger partial charge is 0.243 e. The molecular weight excluding hydrogens is 372 g/mol. The molecule has 0 aliphatic heterocycles. The highest BCUT2D eigenvalue weighted by Crippen LogP contribution is 2.35. The van der Waals surface area contributed by atoms with Crippen molar-refractivity contribution >= 4 is 29.1 Å². The van der Waals surface area contributed by atoms with Crippen LogP contribution in [0.3, 0.4) is 0 Å². The summed E-state index contributed by atoms with van der Waals surface area (Å²) in [5, 5.41) is 5.60. The van der Waals surface area contributed by atoms with Crippen LogP contribution < -0.4 is 24.8 Å². The Morgan fingerprint density at radius 2 is 1.59 bits per heavy atom. The molecule has 8 heteroatoms. The number of amides is 2. The van der Waals surface area contributed by atoms with Crippen molar-refractivity contribution in [3.63, 3.8) is 0 Å². The van der Waals surface area contributed by atoms with Crippen LogP contribution in [0.2, 0.25) is 5.02 Å². The molecule has 0 aliphatic carbocycles. The average molecular weight is 393 g/mol. The molecule has 0 radical (unpaired) electrons. The molecule has 0 spiro atoms. The van der Waals surface area contributed by atoms with E-state index >= 15 is 0 Å². The van der Waals surface area contributed by atoms with E-state index in [-0.39, 0.29) is 18.9 Å². The van der Waals surface area contributed by atoms with E-state index in [2.05, 4.69) is 10.6 Å². The van der Waals surface area contributed by atoms with Gasteiger partial charge >= 0.3 is 0 Å². The van der Waals surface area contributed by atoms with Gasteiger partial charge in [0.25, 0.3) is 0 Å². The van der Waals surface area contributed by atoms with Crippen LogP contribution in [0.4, 0.5) is 5.69 Å². The van der Waals surface area contributed by atoms with Gasteiger partial charge in [-0.3, -0.25) is 9.59 Å². The molecule has 0 fully saturated rings. The summed E-state index contributed by atoms with van der Waals surface area (Å²) in [6.07, 6.45) is 0.162. The van der Waals surface area contributed by atoms with Gasteiger partial charge in [-0.05, 0) is 17.7 Å². The van der Waals surface area contributed by atoms with Crippen LogP contribution in [0.25, 0.3) is 0 Å². The summed E-state index contributed by atoms with van der Waals surface area (Å²) in [6.45, 7) is -0.177. The molecule has 144 valence electrons. The second-order valence-electron chi connectivity index (χ2n) is 5.54. The summed E-state index contributed by atoms with van der Waals surface area (Å²) in [5.41, 5.74) is 1.21. The Morgan fingerprint density at radius 3 is 2.19 bits per heavy atom. The van der Waals surface area contributed by atoms with Crippen molar-refractivity contribution in [3.05, 3.63) is 47.0 Å². The number of hydrogen-bond donors (Lipinski definition) is 2. The number of carbonyl (C=O) groups is 2. The van der Waals surface area contributed by atoms with Crippen LogP contribution in [-0.4, -0.2) is 39.7 Å². The minimum absolute atomic E-state index is 0.162. The average Bonchev–Trinajstić information content (AvgIpc) is 2.68. The fraction of sp³-hybridized carbons (Fsp3) is 0.263. The lowest BCUT2D eigenvalue weighted by molar-refractivity contribution is -0.123. The largest absolute Gasteiger partial charge is 0.497 e. The van der Waals surface area contributed by atoms with E-state index in [9.17, 15) is 9.59 Å². The zero-order valence-corrected chi connectivity index (χ0v) is 16.1. The molecule has 27 heavy (non-hydrogen) atoms. The lowest BCUT2D eigenvalue weighted by Crippen LogP contribution is -2.33. The molecule has 0 heterocycles. The molecule has 0 bridgehead atoms. The van der Waals surface area contributed by atoms with E-state index in [4.69, 9.17) is 25.8 Å². The molecule has 0 aromatic heterocycles. The molecule has 0 unspecified atom stereocenters. The Morgan fingerprint density at radius 1 is 0.926 bits per heavy atom. The molecule has 7 nitrogen and oxygen atoms in total. The quantitative estimate of drug-likeness (QED) is 0.721. The fourth-order valence-electron chi connectivity index (χ4n) is 2.32. The van der Waals surface area contributed by atoms with E-state index < -0.39 is 5.91 Å². The van der Waals surface area contributed by atoms with Gasteiger partial charge in [0, 0.05) is 12.1 Å². The highest BCUT2D eigenvalue weighted by molar-refractivity contribution is 6.32. The summed E-state index contributed by atoms with van der Waals surface area (Å²) >= 11 is 6.03. The third-order valence-corrected chi connectivity index (χ3v) is 4.01. The van der Waals surface area contributed by atoms with Gasteiger partial charge in [0.05, 0.1) is 45.0 Å². The standard InChI is InChI=1S/C19H21ClN2O5/c1-25-13-6-4-12(5-7-13)8-18(23)21-11-19(24)22-15-10-16(26-2)14(20)9-17(15)27-3/h4-7,9-10H,8,11H2,1-3H3,(H,21,23)(H,22,24). The zero-order valence-electron chi connectivity index (χ0n) is 15.3. The minimum atomic E-state index is -0.402. The maximum absolute atomic E-state index is 12.1. The third kappa shape index (κ3) is 5.79. The van der Waals surface area contributed by atoms with E-state index in [0.29, 0.717) is 28.0 Å². The highest BCUT2D eigenvalue weighted by atomic mass is 35.5. The Balaban J connectivity index is 1.91. The first kappa shape index (κ1) is 20.4.